The fourth-order valence-corrected chi connectivity index (χ4v) is 3.13. The maximum absolute atomic E-state index is 12.7. The minimum absolute atomic E-state index is 0.0201. The summed E-state index contributed by atoms with van der Waals surface area (Å²) in [4.78, 5) is 12.7. The maximum atomic E-state index is 12.7. The van der Waals surface area contributed by atoms with Crippen LogP contribution in [-0.4, -0.2) is 32.3 Å². The summed E-state index contributed by atoms with van der Waals surface area (Å²) in [7, 11) is 1.60. The van der Waals surface area contributed by atoms with Crippen molar-refractivity contribution in [3.8, 4) is 11.5 Å². The zero-order chi connectivity index (χ0) is 20.1. The molecule has 1 fully saturated rings. The van der Waals surface area contributed by atoms with E-state index in [1.165, 1.54) is 0 Å². The summed E-state index contributed by atoms with van der Waals surface area (Å²) in [6, 6.07) is 13.0. The highest BCUT2D eigenvalue weighted by atomic mass is 16.5. The van der Waals surface area contributed by atoms with Crippen LogP contribution in [0.25, 0.3) is 0 Å². The average Bonchev–Trinajstić information content (AvgIpc) is 3.19. The molecule has 0 aromatic heterocycles. The molecule has 1 aliphatic heterocycles. The van der Waals surface area contributed by atoms with Gasteiger partial charge in [0.05, 0.1) is 18.9 Å². The SMILES string of the molecule is COc1ccc(C(C)(C)C)cc1NC(=O)c1ccc(OC[C@@H]2CCCO2)cc1. The van der Waals surface area contributed by atoms with Gasteiger partial charge in [-0.2, -0.15) is 0 Å². The Morgan fingerprint density at radius 1 is 1.18 bits per heavy atom. The van der Waals surface area contributed by atoms with E-state index in [1.807, 2.05) is 30.3 Å². The molecule has 5 heteroatoms. The number of benzene rings is 2. The molecule has 1 aliphatic rings. The molecule has 0 spiro atoms. The van der Waals surface area contributed by atoms with Crippen molar-refractivity contribution in [3.63, 3.8) is 0 Å². The van der Waals surface area contributed by atoms with Crippen LogP contribution in [0.4, 0.5) is 5.69 Å². The summed E-state index contributed by atoms with van der Waals surface area (Å²) < 4.78 is 16.7. The number of ether oxygens (including phenoxy) is 3. The molecule has 28 heavy (non-hydrogen) atoms. The van der Waals surface area contributed by atoms with Gasteiger partial charge in [0.2, 0.25) is 0 Å². The van der Waals surface area contributed by atoms with Gasteiger partial charge in [-0.25, -0.2) is 0 Å². The Hall–Kier alpha value is -2.53. The summed E-state index contributed by atoms with van der Waals surface area (Å²) in [5.41, 5.74) is 2.33. The topological polar surface area (TPSA) is 56.8 Å². The Balaban J connectivity index is 1.67. The van der Waals surface area contributed by atoms with Gasteiger partial charge in [0.25, 0.3) is 5.91 Å². The molecule has 3 rings (SSSR count). The smallest absolute Gasteiger partial charge is 0.255 e. The molecule has 1 heterocycles. The van der Waals surface area contributed by atoms with Gasteiger partial charge < -0.3 is 19.5 Å². The van der Waals surface area contributed by atoms with E-state index >= 15 is 0 Å². The standard InChI is InChI=1S/C23H29NO4/c1-23(2,3)17-9-12-21(26-4)20(14-17)24-22(25)16-7-10-18(11-8-16)28-15-19-6-5-13-27-19/h7-12,14,19H,5-6,13,15H2,1-4H3,(H,24,25)/t19-/m0/s1. The molecule has 1 N–H and O–H groups in total. The van der Waals surface area contributed by atoms with Crippen LogP contribution >= 0.6 is 0 Å². The average molecular weight is 383 g/mol. The van der Waals surface area contributed by atoms with Gasteiger partial charge in [0.1, 0.15) is 18.1 Å². The summed E-state index contributed by atoms with van der Waals surface area (Å²) in [5, 5.41) is 2.96. The number of nitrogens with one attached hydrogen (secondary N) is 1. The highest BCUT2D eigenvalue weighted by molar-refractivity contribution is 6.05. The Kier molecular flexibility index (Phi) is 6.25. The highest BCUT2D eigenvalue weighted by Gasteiger charge is 2.18. The Labute approximate surface area is 167 Å². The lowest BCUT2D eigenvalue weighted by Gasteiger charge is -2.21. The molecule has 1 saturated heterocycles. The third kappa shape index (κ3) is 5.04. The third-order valence-corrected chi connectivity index (χ3v) is 4.89. The van der Waals surface area contributed by atoms with Crippen LogP contribution in [-0.2, 0) is 10.2 Å². The summed E-state index contributed by atoms with van der Waals surface area (Å²) in [6.45, 7) is 7.76. The zero-order valence-corrected chi connectivity index (χ0v) is 17.1. The molecule has 5 nitrogen and oxygen atoms in total. The predicted molar refractivity (Wildman–Crippen MR) is 111 cm³/mol. The van der Waals surface area contributed by atoms with E-state index in [-0.39, 0.29) is 17.4 Å². The van der Waals surface area contributed by atoms with E-state index in [0.29, 0.717) is 23.6 Å². The zero-order valence-electron chi connectivity index (χ0n) is 17.1. The molecule has 0 radical (unpaired) electrons. The van der Waals surface area contributed by atoms with Crippen molar-refractivity contribution in [1.82, 2.24) is 0 Å². The first kappa shape index (κ1) is 20.2. The minimum Gasteiger partial charge on any atom is -0.495 e. The van der Waals surface area contributed by atoms with Gasteiger partial charge in [-0.15, -0.1) is 0 Å². The van der Waals surface area contributed by atoms with E-state index in [0.717, 1.165) is 30.8 Å². The molecule has 0 saturated carbocycles. The van der Waals surface area contributed by atoms with Crippen LogP contribution in [0.5, 0.6) is 11.5 Å². The number of anilines is 1. The minimum atomic E-state index is -0.185. The number of rotatable bonds is 6. The molecule has 0 aliphatic carbocycles. The van der Waals surface area contributed by atoms with Gasteiger partial charge >= 0.3 is 0 Å². The fourth-order valence-electron chi connectivity index (χ4n) is 3.13. The van der Waals surface area contributed by atoms with Crippen LogP contribution in [0.15, 0.2) is 42.5 Å². The summed E-state index contributed by atoms with van der Waals surface area (Å²) in [6.07, 6.45) is 2.30. The normalized spacial score (nSPS) is 16.6. The first-order chi connectivity index (χ1) is 13.4. The largest absolute Gasteiger partial charge is 0.495 e. The van der Waals surface area contributed by atoms with Crippen molar-refractivity contribution in [1.29, 1.82) is 0 Å². The van der Waals surface area contributed by atoms with Crippen molar-refractivity contribution in [3.05, 3.63) is 53.6 Å². The second-order valence-corrected chi connectivity index (χ2v) is 8.09. The molecule has 2 aromatic rings. The van der Waals surface area contributed by atoms with E-state index in [9.17, 15) is 4.79 Å². The van der Waals surface area contributed by atoms with Crippen molar-refractivity contribution < 1.29 is 19.0 Å². The predicted octanol–water partition coefficient (Wildman–Crippen LogP) is 4.80. The van der Waals surface area contributed by atoms with Crippen molar-refractivity contribution in [2.75, 3.05) is 25.6 Å². The van der Waals surface area contributed by atoms with E-state index < -0.39 is 0 Å². The van der Waals surface area contributed by atoms with Gasteiger partial charge in [-0.1, -0.05) is 26.8 Å². The van der Waals surface area contributed by atoms with Gasteiger partial charge in [0.15, 0.2) is 0 Å². The molecular formula is C23H29NO4. The molecular weight excluding hydrogens is 354 g/mol. The van der Waals surface area contributed by atoms with E-state index in [4.69, 9.17) is 14.2 Å². The van der Waals surface area contributed by atoms with Gasteiger partial charge in [-0.05, 0) is 60.2 Å². The molecule has 2 aromatic carbocycles. The number of amides is 1. The molecule has 0 unspecified atom stereocenters. The second-order valence-electron chi connectivity index (χ2n) is 8.09. The van der Waals surface area contributed by atoms with Crippen molar-refractivity contribution in [2.24, 2.45) is 0 Å². The van der Waals surface area contributed by atoms with Crippen LogP contribution < -0.4 is 14.8 Å². The monoisotopic (exact) mass is 383 g/mol. The number of carbonyl (C=O) groups excluding carboxylic acids is 1. The number of hydrogen-bond acceptors (Lipinski definition) is 4. The lowest BCUT2D eigenvalue weighted by Crippen LogP contribution is -2.17. The van der Waals surface area contributed by atoms with Gasteiger partial charge in [-0.3, -0.25) is 4.79 Å². The lowest BCUT2D eigenvalue weighted by atomic mass is 9.87. The van der Waals surface area contributed by atoms with Crippen LogP contribution in [0, 0.1) is 0 Å². The van der Waals surface area contributed by atoms with Crippen LogP contribution in [0.1, 0.15) is 49.5 Å². The molecule has 1 atom stereocenters. The van der Waals surface area contributed by atoms with Crippen LogP contribution in [0.3, 0.4) is 0 Å². The van der Waals surface area contributed by atoms with Crippen molar-refractivity contribution in [2.45, 2.75) is 45.1 Å². The Morgan fingerprint density at radius 2 is 1.93 bits per heavy atom. The second kappa shape index (κ2) is 8.65. The highest BCUT2D eigenvalue weighted by Crippen LogP contribution is 2.31. The number of methoxy groups -OCH3 is 1. The van der Waals surface area contributed by atoms with Crippen molar-refractivity contribution >= 4 is 11.6 Å². The quantitative estimate of drug-likeness (QED) is 0.778. The first-order valence-electron chi connectivity index (χ1n) is 9.71. The molecule has 150 valence electrons. The molecule has 0 bridgehead atoms. The van der Waals surface area contributed by atoms with Crippen LogP contribution in [0.2, 0.25) is 0 Å². The summed E-state index contributed by atoms with van der Waals surface area (Å²) >= 11 is 0. The van der Waals surface area contributed by atoms with E-state index in [1.54, 1.807) is 19.2 Å². The number of hydrogen-bond donors (Lipinski definition) is 1. The maximum Gasteiger partial charge on any atom is 0.255 e. The Morgan fingerprint density at radius 3 is 2.54 bits per heavy atom. The summed E-state index contributed by atoms with van der Waals surface area (Å²) in [5.74, 6) is 1.19. The van der Waals surface area contributed by atoms with Gasteiger partial charge in [0, 0.05) is 12.2 Å². The molecule has 1 amide bonds. The fraction of sp³-hybridized carbons (Fsp3) is 0.435. The lowest BCUT2D eigenvalue weighted by molar-refractivity contribution is 0.0679. The van der Waals surface area contributed by atoms with E-state index in [2.05, 4.69) is 26.1 Å². The third-order valence-electron chi connectivity index (χ3n) is 4.89. The number of carbonyl (C=O) groups is 1. The Bertz CT molecular complexity index is 802. The first-order valence-corrected chi connectivity index (χ1v) is 9.71.